The van der Waals surface area contributed by atoms with Crippen molar-refractivity contribution in [2.24, 2.45) is 10.8 Å². The maximum Gasteiger partial charge on any atom is 0.313 e. The Morgan fingerprint density at radius 2 is 1.81 bits per heavy atom. The first-order valence-electron chi connectivity index (χ1n) is 9.25. The van der Waals surface area contributed by atoms with Gasteiger partial charge in [-0.05, 0) is 38.0 Å². The quantitative estimate of drug-likeness (QED) is 0.744. The van der Waals surface area contributed by atoms with Gasteiger partial charge in [-0.15, -0.1) is 0 Å². The third kappa shape index (κ3) is 2.16. The van der Waals surface area contributed by atoms with Crippen LogP contribution in [0.3, 0.4) is 0 Å². The molecule has 140 valence electrons. The van der Waals surface area contributed by atoms with Gasteiger partial charge in [-0.2, -0.15) is 0 Å². The predicted octanol–water partition coefficient (Wildman–Crippen LogP) is 3.11. The van der Waals surface area contributed by atoms with Crippen molar-refractivity contribution in [3.05, 3.63) is 29.3 Å². The minimum atomic E-state index is -1.00. The number of piperazine rings is 1. The number of ether oxygens (including phenoxy) is 1. The van der Waals surface area contributed by atoms with Gasteiger partial charge in [-0.3, -0.25) is 9.59 Å². The number of anilines is 1. The van der Waals surface area contributed by atoms with E-state index in [4.69, 9.17) is 16.3 Å². The minimum absolute atomic E-state index is 0.0252. The summed E-state index contributed by atoms with van der Waals surface area (Å²) >= 11 is 6.09. The number of carbonyl (C=O) groups is 2. The van der Waals surface area contributed by atoms with E-state index in [-0.39, 0.29) is 11.9 Å². The Hall–Kier alpha value is -1.75. The molecule has 1 aromatic carbocycles. The first-order valence-corrected chi connectivity index (χ1v) is 9.62. The van der Waals surface area contributed by atoms with Crippen molar-refractivity contribution >= 4 is 29.2 Å². The van der Waals surface area contributed by atoms with Gasteiger partial charge >= 0.3 is 5.97 Å². The predicted molar refractivity (Wildman–Crippen MR) is 100 cm³/mol. The fourth-order valence-corrected chi connectivity index (χ4v) is 5.00. The van der Waals surface area contributed by atoms with Crippen molar-refractivity contribution in [1.82, 2.24) is 4.90 Å². The Labute approximate surface area is 159 Å². The van der Waals surface area contributed by atoms with Crippen LogP contribution in [0.1, 0.15) is 33.6 Å². The van der Waals surface area contributed by atoms with Gasteiger partial charge in [0.25, 0.3) is 5.91 Å². The second kappa shape index (κ2) is 5.62. The lowest BCUT2D eigenvalue weighted by Gasteiger charge is -2.42. The van der Waals surface area contributed by atoms with Gasteiger partial charge in [0.15, 0.2) is 5.60 Å². The average molecular weight is 377 g/mol. The van der Waals surface area contributed by atoms with Gasteiger partial charge in [0.2, 0.25) is 0 Å². The van der Waals surface area contributed by atoms with E-state index in [9.17, 15) is 9.59 Å². The van der Waals surface area contributed by atoms with Gasteiger partial charge in [0, 0.05) is 42.3 Å². The molecule has 2 saturated heterocycles. The molecule has 1 aliphatic carbocycles. The standard InChI is InChI=1S/C20H25ClN2O3/c1-18(2)19(3)7-8-20(18,26-17(19)25)16(24)23-11-9-22(10-12-23)15-6-4-5-14(21)13-15/h4-6,13H,7-12H2,1-3H3/t19-,20+/m0/s1. The molecule has 0 aromatic heterocycles. The largest absolute Gasteiger partial charge is 0.448 e. The molecular formula is C20H25ClN2O3. The van der Waals surface area contributed by atoms with Crippen LogP contribution in [0.4, 0.5) is 5.69 Å². The second-order valence-corrected chi connectivity index (χ2v) is 8.87. The number of hydrogen-bond donors (Lipinski definition) is 0. The maximum absolute atomic E-state index is 13.4. The Morgan fingerprint density at radius 1 is 1.12 bits per heavy atom. The summed E-state index contributed by atoms with van der Waals surface area (Å²) in [6.07, 6.45) is 1.34. The number of esters is 1. The number of nitrogens with zero attached hydrogens (tertiary/aromatic N) is 2. The summed E-state index contributed by atoms with van der Waals surface area (Å²) in [7, 11) is 0. The molecule has 3 aliphatic rings. The number of rotatable bonds is 2. The Bertz CT molecular complexity index is 772. The van der Waals surface area contributed by atoms with Crippen LogP contribution < -0.4 is 4.90 Å². The summed E-state index contributed by atoms with van der Waals surface area (Å²) in [6.45, 7) is 8.68. The Kier molecular flexibility index (Phi) is 3.82. The van der Waals surface area contributed by atoms with E-state index < -0.39 is 16.4 Å². The second-order valence-electron chi connectivity index (χ2n) is 8.43. The molecule has 1 amide bonds. The van der Waals surface area contributed by atoms with Gasteiger partial charge in [-0.25, -0.2) is 0 Å². The van der Waals surface area contributed by atoms with Crippen LogP contribution in [0.15, 0.2) is 24.3 Å². The lowest BCUT2D eigenvalue weighted by Crippen LogP contribution is -2.59. The van der Waals surface area contributed by atoms with E-state index >= 15 is 0 Å². The van der Waals surface area contributed by atoms with E-state index in [0.29, 0.717) is 31.0 Å². The van der Waals surface area contributed by atoms with Crippen molar-refractivity contribution in [3.63, 3.8) is 0 Å². The first kappa shape index (κ1) is 17.7. The molecule has 2 bridgehead atoms. The average Bonchev–Trinajstić information content (AvgIpc) is 2.91. The van der Waals surface area contributed by atoms with Gasteiger partial charge in [0.1, 0.15) is 0 Å². The fraction of sp³-hybridized carbons (Fsp3) is 0.600. The van der Waals surface area contributed by atoms with Crippen molar-refractivity contribution in [2.45, 2.75) is 39.2 Å². The van der Waals surface area contributed by atoms with E-state index in [0.717, 1.165) is 18.8 Å². The highest BCUT2D eigenvalue weighted by molar-refractivity contribution is 6.30. The molecule has 5 nitrogen and oxygen atoms in total. The molecular weight excluding hydrogens is 352 g/mol. The van der Waals surface area contributed by atoms with E-state index in [1.807, 2.05) is 49.9 Å². The molecule has 1 saturated carbocycles. The Morgan fingerprint density at radius 3 is 2.35 bits per heavy atom. The van der Waals surface area contributed by atoms with Crippen molar-refractivity contribution < 1.29 is 14.3 Å². The van der Waals surface area contributed by atoms with Crippen LogP contribution in [-0.2, 0) is 14.3 Å². The zero-order chi connectivity index (χ0) is 18.7. The van der Waals surface area contributed by atoms with Gasteiger partial charge < -0.3 is 14.5 Å². The van der Waals surface area contributed by atoms with Crippen LogP contribution in [-0.4, -0.2) is 48.6 Å². The number of amides is 1. The van der Waals surface area contributed by atoms with Crippen molar-refractivity contribution in [1.29, 1.82) is 0 Å². The number of carbonyl (C=O) groups excluding carboxylic acids is 2. The molecule has 6 heteroatoms. The lowest BCUT2D eigenvalue weighted by molar-refractivity contribution is -0.174. The highest BCUT2D eigenvalue weighted by Crippen LogP contribution is 2.65. The third-order valence-corrected chi connectivity index (χ3v) is 7.40. The normalized spacial score (nSPS) is 32.7. The summed E-state index contributed by atoms with van der Waals surface area (Å²) in [5, 5.41) is 0.713. The lowest BCUT2D eigenvalue weighted by atomic mass is 9.66. The fourth-order valence-electron chi connectivity index (χ4n) is 4.82. The number of benzene rings is 1. The summed E-state index contributed by atoms with van der Waals surface area (Å²) in [6, 6.07) is 7.78. The molecule has 0 N–H and O–H groups in total. The molecule has 0 radical (unpaired) electrons. The highest BCUT2D eigenvalue weighted by atomic mass is 35.5. The topological polar surface area (TPSA) is 49.9 Å². The maximum atomic E-state index is 13.4. The smallest absolute Gasteiger partial charge is 0.313 e. The van der Waals surface area contributed by atoms with Crippen LogP contribution >= 0.6 is 11.6 Å². The zero-order valence-electron chi connectivity index (χ0n) is 15.5. The van der Waals surface area contributed by atoms with E-state index in [2.05, 4.69) is 4.90 Å². The first-order chi connectivity index (χ1) is 12.2. The van der Waals surface area contributed by atoms with Crippen LogP contribution in [0.5, 0.6) is 0 Å². The molecule has 26 heavy (non-hydrogen) atoms. The SMILES string of the molecule is CC1(C)[C@@]2(C)CC[C@]1(C(=O)N1CCN(c3cccc(Cl)c3)CC1)OC2=O. The third-order valence-electron chi connectivity index (χ3n) is 7.17. The number of fused-ring (bicyclic) bond motifs is 2. The minimum Gasteiger partial charge on any atom is -0.448 e. The molecule has 2 aliphatic heterocycles. The van der Waals surface area contributed by atoms with Crippen LogP contribution in [0, 0.1) is 10.8 Å². The van der Waals surface area contributed by atoms with E-state index in [1.165, 1.54) is 0 Å². The molecule has 4 rings (SSSR count). The molecule has 1 aromatic rings. The van der Waals surface area contributed by atoms with E-state index in [1.54, 1.807) is 0 Å². The molecule has 2 heterocycles. The number of halogens is 1. The van der Waals surface area contributed by atoms with Crippen molar-refractivity contribution in [2.75, 3.05) is 31.1 Å². The summed E-state index contributed by atoms with van der Waals surface area (Å²) in [4.78, 5) is 29.9. The highest BCUT2D eigenvalue weighted by Gasteiger charge is 2.76. The molecule has 3 fully saturated rings. The van der Waals surface area contributed by atoms with Gasteiger partial charge in [-0.1, -0.05) is 31.5 Å². The summed E-state index contributed by atoms with van der Waals surface area (Å²) in [5.41, 5.74) is -0.982. The number of hydrogen-bond acceptors (Lipinski definition) is 4. The zero-order valence-corrected chi connectivity index (χ0v) is 16.3. The van der Waals surface area contributed by atoms with Gasteiger partial charge in [0.05, 0.1) is 5.41 Å². The molecule has 0 unspecified atom stereocenters. The van der Waals surface area contributed by atoms with Crippen LogP contribution in [0.25, 0.3) is 0 Å². The summed E-state index contributed by atoms with van der Waals surface area (Å²) < 4.78 is 5.75. The molecule has 2 atom stereocenters. The Balaban J connectivity index is 1.50. The van der Waals surface area contributed by atoms with Crippen molar-refractivity contribution in [3.8, 4) is 0 Å². The van der Waals surface area contributed by atoms with Crippen LogP contribution in [0.2, 0.25) is 5.02 Å². The monoisotopic (exact) mass is 376 g/mol. The molecule has 0 spiro atoms. The summed E-state index contributed by atoms with van der Waals surface area (Å²) in [5.74, 6) is -0.248.